The largest absolute Gasteiger partial charge is 0.790 e. The van der Waals surface area contributed by atoms with Crippen LogP contribution in [-0.4, -0.2) is 83.2 Å². The van der Waals surface area contributed by atoms with Crippen LogP contribution in [0.4, 0.5) is 0 Å². The fourth-order valence-corrected chi connectivity index (χ4v) is 6.60. The molecule has 3 N–H and O–H groups in total. The molecular formula is C25H44O19P3-5. The van der Waals surface area contributed by atoms with Crippen LogP contribution in [0.5, 0.6) is 0 Å². The standard InChI is InChI=1S/C25H49O19P3/c1-3-5-7-9-11-13-18(26)39-15-17(41-19(27)14-12-10-8-6-4-2)16-40-47(37,38)44-23-20(28)21(29)24(42-45(31,32)33)25(22(23)30)43-46(34,35)36/h17,20-25,28-30H,3-16H2,1-2H3,(H,37,38)(H2,31,32,33)(H2,34,35,36)/p-5/t17-,20-,21-,22+,23+,24+,25+/m1/s1. The molecule has 278 valence electrons. The fraction of sp³-hybridized carbons (Fsp3) is 0.920. The predicted molar refractivity (Wildman–Crippen MR) is 149 cm³/mol. The van der Waals surface area contributed by atoms with E-state index in [9.17, 15) is 63.1 Å². The molecule has 0 aromatic heterocycles. The van der Waals surface area contributed by atoms with Gasteiger partial charge in [0.25, 0.3) is 7.82 Å². The maximum atomic E-state index is 12.7. The molecule has 19 nitrogen and oxygen atoms in total. The van der Waals surface area contributed by atoms with Crippen LogP contribution in [0, 0.1) is 0 Å². The predicted octanol–water partition coefficient (Wildman–Crippen LogP) is -1.44. The zero-order valence-corrected chi connectivity index (χ0v) is 28.8. The summed E-state index contributed by atoms with van der Waals surface area (Å²) in [6.07, 6.45) is -9.23. The van der Waals surface area contributed by atoms with E-state index in [1.54, 1.807) is 0 Å². The highest BCUT2D eigenvalue weighted by Crippen LogP contribution is 2.46. The molecule has 22 heteroatoms. The minimum atomic E-state index is -6.13. The van der Waals surface area contributed by atoms with Gasteiger partial charge < -0.3 is 76.5 Å². The molecule has 0 spiro atoms. The molecule has 1 fully saturated rings. The Hall–Kier alpha value is -0.850. The molecular weight excluding hydrogens is 697 g/mol. The number of rotatable bonds is 24. The molecule has 1 unspecified atom stereocenters. The van der Waals surface area contributed by atoms with Crippen LogP contribution in [0.15, 0.2) is 0 Å². The van der Waals surface area contributed by atoms with Crippen molar-refractivity contribution in [1.29, 1.82) is 0 Å². The van der Waals surface area contributed by atoms with Crippen molar-refractivity contribution in [2.24, 2.45) is 0 Å². The molecule has 0 aromatic carbocycles. The van der Waals surface area contributed by atoms with E-state index in [1.165, 1.54) is 0 Å². The molecule has 0 amide bonds. The zero-order chi connectivity index (χ0) is 35.8. The third kappa shape index (κ3) is 18.6. The first-order valence-corrected chi connectivity index (χ1v) is 19.6. The van der Waals surface area contributed by atoms with E-state index in [0.29, 0.717) is 12.8 Å². The van der Waals surface area contributed by atoms with Gasteiger partial charge in [-0.15, -0.1) is 0 Å². The first-order valence-electron chi connectivity index (χ1n) is 15.2. The lowest BCUT2D eigenvalue weighted by Gasteiger charge is -2.50. The number of aliphatic hydroxyl groups excluding tert-OH is 3. The van der Waals surface area contributed by atoms with Gasteiger partial charge in [0.05, 0.1) is 22.3 Å². The Balaban J connectivity index is 2.98. The number of phosphoric ester groups is 3. The van der Waals surface area contributed by atoms with Gasteiger partial charge in [-0.2, -0.15) is 0 Å². The molecule has 0 heterocycles. The Kier molecular flexibility index (Phi) is 20.1. The van der Waals surface area contributed by atoms with E-state index < -0.39 is 91.3 Å². The van der Waals surface area contributed by atoms with Crippen LogP contribution in [0.2, 0.25) is 0 Å². The number of unbranched alkanes of at least 4 members (excludes halogenated alkanes) is 8. The number of esters is 2. The number of ether oxygens (including phenoxy) is 2. The number of hydrogen-bond acceptors (Lipinski definition) is 19. The molecule has 0 aliphatic heterocycles. The number of hydrogen-bond donors (Lipinski definition) is 3. The molecule has 1 aliphatic rings. The van der Waals surface area contributed by atoms with Gasteiger partial charge in [0.15, 0.2) is 6.10 Å². The van der Waals surface area contributed by atoms with Gasteiger partial charge in [0, 0.05) is 12.8 Å². The smallest absolute Gasteiger partial charge is 0.306 e. The van der Waals surface area contributed by atoms with E-state index in [0.717, 1.165) is 51.4 Å². The van der Waals surface area contributed by atoms with Crippen molar-refractivity contribution < 1.29 is 90.6 Å². The lowest BCUT2D eigenvalue weighted by atomic mass is 9.85. The van der Waals surface area contributed by atoms with Gasteiger partial charge in [-0.1, -0.05) is 65.2 Å². The Morgan fingerprint density at radius 3 is 1.55 bits per heavy atom. The fourth-order valence-electron chi connectivity index (χ4n) is 4.55. The van der Waals surface area contributed by atoms with E-state index >= 15 is 0 Å². The maximum absolute atomic E-state index is 12.7. The highest BCUT2D eigenvalue weighted by Gasteiger charge is 2.53. The van der Waals surface area contributed by atoms with Crippen molar-refractivity contribution in [3.8, 4) is 0 Å². The monoisotopic (exact) mass is 741 g/mol. The van der Waals surface area contributed by atoms with E-state index in [4.69, 9.17) is 14.0 Å². The van der Waals surface area contributed by atoms with Gasteiger partial charge in [-0.3, -0.25) is 14.2 Å². The van der Waals surface area contributed by atoms with Crippen LogP contribution in [0.25, 0.3) is 0 Å². The van der Waals surface area contributed by atoms with Crippen molar-refractivity contribution in [2.45, 2.75) is 134 Å². The summed E-state index contributed by atoms with van der Waals surface area (Å²) in [4.78, 5) is 81.7. The highest BCUT2D eigenvalue weighted by molar-refractivity contribution is 7.45. The first kappa shape index (κ1) is 44.2. The molecule has 8 atom stereocenters. The molecule has 0 saturated heterocycles. The molecule has 0 bridgehead atoms. The van der Waals surface area contributed by atoms with Gasteiger partial charge in [0.2, 0.25) is 0 Å². The van der Waals surface area contributed by atoms with E-state index in [2.05, 4.69) is 13.6 Å². The first-order chi connectivity index (χ1) is 21.8. The van der Waals surface area contributed by atoms with Crippen molar-refractivity contribution in [1.82, 2.24) is 0 Å². The van der Waals surface area contributed by atoms with Gasteiger partial charge in [-0.05, 0) is 12.8 Å². The maximum Gasteiger partial charge on any atom is 0.306 e. The van der Waals surface area contributed by atoms with Crippen LogP contribution in [0.3, 0.4) is 0 Å². The third-order valence-corrected chi connectivity index (χ3v) is 8.86. The van der Waals surface area contributed by atoms with E-state index in [1.807, 2.05) is 13.8 Å². The van der Waals surface area contributed by atoms with Crippen molar-refractivity contribution >= 4 is 35.4 Å². The Labute approximate surface area is 272 Å². The molecule has 1 aliphatic carbocycles. The van der Waals surface area contributed by atoms with Crippen LogP contribution < -0.4 is 24.5 Å². The quantitative estimate of drug-likeness (QED) is 0.0579. The summed E-state index contributed by atoms with van der Waals surface area (Å²) in [5, 5.41) is 31.0. The molecule has 0 aromatic rings. The summed E-state index contributed by atoms with van der Waals surface area (Å²) in [5.41, 5.74) is 0. The molecule has 1 rings (SSSR count). The summed E-state index contributed by atoms with van der Waals surface area (Å²) in [5.74, 6) is -1.41. The van der Waals surface area contributed by atoms with Gasteiger partial charge >= 0.3 is 11.9 Å². The second-order valence-electron chi connectivity index (χ2n) is 10.9. The molecule has 0 radical (unpaired) electrons. The lowest BCUT2D eigenvalue weighted by molar-refractivity contribution is -0.366. The van der Waals surface area contributed by atoms with Crippen molar-refractivity contribution in [2.75, 3.05) is 13.2 Å². The third-order valence-electron chi connectivity index (χ3n) is 6.89. The van der Waals surface area contributed by atoms with Crippen LogP contribution in [-0.2, 0) is 50.9 Å². The summed E-state index contributed by atoms with van der Waals surface area (Å²) < 4.78 is 62.5. The van der Waals surface area contributed by atoms with Crippen LogP contribution in [0.1, 0.15) is 90.9 Å². The zero-order valence-electron chi connectivity index (χ0n) is 26.2. The SMILES string of the molecule is CCCCCCCC(=O)OC[C@H](COP(=O)([O-])O[C@H]1[C@H](O)[C@@H](O)[C@H](OP(=O)([O-])[O-])[C@@H](OP(=O)([O-])[O-])[C@H]1O)OC(=O)CCCCCCC. The summed E-state index contributed by atoms with van der Waals surface area (Å²) in [6.45, 7) is 2.41. The lowest BCUT2D eigenvalue weighted by Crippen LogP contribution is -2.65. The minimum Gasteiger partial charge on any atom is -0.790 e. The molecule has 47 heavy (non-hydrogen) atoms. The molecule has 1 saturated carbocycles. The topological polar surface area (TPSA) is 317 Å². The average Bonchev–Trinajstić information content (AvgIpc) is 2.96. The number of aliphatic hydroxyl groups is 3. The average molecular weight is 742 g/mol. The number of carbonyl (C=O) groups excluding carboxylic acids is 2. The second-order valence-corrected chi connectivity index (χ2v) is 14.5. The summed E-state index contributed by atoms with van der Waals surface area (Å²) in [7, 11) is -17.9. The normalized spacial score (nSPS) is 25.6. The summed E-state index contributed by atoms with van der Waals surface area (Å²) >= 11 is 0. The Morgan fingerprint density at radius 1 is 0.617 bits per heavy atom. The van der Waals surface area contributed by atoms with Crippen molar-refractivity contribution in [3.05, 3.63) is 0 Å². The Bertz CT molecular complexity index is 1080. The van der Waals surface area contributed by atoms with Gasteiger partial charge in [-0.25, -0.2) is 0 Å². The number of carbonyl (C=O) groups is 2. The minimum absolute atomic E-state index is 0.0387. The second kappa shape index (κ2) is 21.4. The van der Waals surface area contributed by atoms with Gasteiger partial charge in [0.1, 0.15) is 43.2 Å². The van der Waals surface area contributed by atoms with Crippen molar-refractivity contribution in [3.63, 3.8) is 0 Å². The number of phosphoric acid groups is 3. The van der Waals surface area contributed by atoms with E-state index in [-0.39, 0.29) is 12.8 Å². The van der Waals surface area contributed by atoms with Crippen LogP contribution >= 0.6 is 23.5 Å². The summed E-state index contributed by atoms with van der Waals surface area (Å²) in [6, 6.07) is 0. The Morgan fingerprint density at radius 2 is 1.06 bits per heavy atom. The highest BCUT2D eigenvalue weighted by atomic mass is 31.2.